The first-order chi connectivity index (χ1) is 22.0. The maximum Gasteiger partial charge on any atom is 0.260 e. The van der Waals surface area contributed by atoms with Crippen molar-refractivity contribution in [2.75, 3.05) is 0 Å². The summed E-state index contributed by atoms with van der Waals surface area (Å²) < 4.78 is 13.6. The van der Waals surface area contributed by atoms with Gasteiger partial charge in [-0.25, -0.2) is 0 Å². The average molecular weight is 579 g/mol. The van der Waals surface area contributed by atoms with Crippen LogP contribution in [0.5, 0.6) is 23.0 Å². The van der Waals surface area contributed by atoms with Gasteiger partial charge >= 0.3 is 0 Å². The molecular formula is C42H31BO2. The van der Waals surface area contributed by atoms with Crippen LogP contribution < -0.4 is 25.9 Å². The van der Waals surface area contributed by atoms with Crippen LogP contribution in [0.2, 0.25) is 0 Å². The van der Waals surface area contributed by atoms with E-state index in [1.54, 1.807) is 0 Å². The molecule has 0 radical (unpaired) electrons. The highest BCUT2D eigenvalue weighted by atomic mass is 16.5. The largest absolute Gasteiger partial charge is 0.458 e. The molecule has 7 aromatic rings. The van der Waals surface area contributed by atoms with Crippen molar-refractivity contribution in [2.24, 2.45) is 0 Å². The molecule has 2 nitrogen and oxygen atoms in total. The summed E-state index contributed by atoms with van der Waals surface area (Å²) in [6, 6.07) is 48.0. The molecular weight excluding hydrogens is 547 g/mol. The SMILES string of the molecule is CC(C)(C)c1ccc2c(c1)Oc1cc(-c3c4ccccc4c(-c4ccccc4)c4ccccc34)cc3c1B2c1ccccc1O3. The molecule has 2 heterocycles. The van der Waals surface area contributed by atoms with E-state index in [2.05, 4.69) is 154 Å². The number of hydrogen-bond acceptors (Lipinski definition) is 2. The van der Waals surface area contributed by atoms with Crippen molar-refractivity contribution in [3.05, 3.63) is 139 Å². The molecule has 0 saturated carbocycles. The Morgan fingerprint density at radius 1 is 0.444 bits per heavy atom. The molecule has 0 amide bonds. The fourth-order valence-electron chi connectivity index (χ4n) is 7.41. The first kappa shape index (κ1) is 26.2. The summed E-state index contributed by atoms with van der Waals surface area (Å²) in [5.74, 6) is 3.55. The summed E-state index contributed by atoms with van der Waals surface area (Å²) in [6.07, 6.45) is 0. The van der Waals surface area contributed by atoms with Crippen LogP contribution in [0.4, 0.5) is 0 Å². The van der Waals surface area contributed by atoms with Gasteiger partial charge in [-0.05, 0) is 90.0 Å². The molecule has 0 aromatic heterocycles. The van der Waals surface area contributed by atoms with Crippen LogP contribution in [0.1, 0.15) is 26.3 Å². The summed E-state index contributed by atoms with van der Waals surface area (Å²) >= 11 is 0. The monoisotopic (exact) mass is 578 g/mol. The predicted octanol–water partition coefficient (Wildman–Crippen LogP) is 9.35. The highest BCUT2D eigenvalue weighted by molar-refractivity contribution is 6.98. The van der Waals surface area contributed by atoms with Crippen LogP contribution in [0.3, 0.4) is 0 Å². The topological polar surface area (TPSA) is 18.5 Å². The molecule has 7 aromatic carbocycles. The Hall–Kier alpha value is -5.28. The van der Waals surface area contributed by atoms with E-state index in [1.165, 1.54) is 54.7 Å². The highest BCUT2D eigenvalue weighted by Gasteiger charge is 2.40. The Bertz CT molecular complexity index is 2260. The van der Waals surface area contributed by atoms with Crippen LogP contribution in [-0.2, 0) is 5.41 Å². The maximum atomic E-state index is 6.87. The van der Waals surface area contributed by atoms with Crippen molar-refractivity contribution in [1.29, 1.82) is 0 Å². The van der Waals surface area contributed by atoms with Crippen molar-refractivity contribution in [3.8, 4) is 45.3 Å². The smallest absolute Gasteiger partial charge is 0.260 e. The molecule has 3 heteroatoms. The van der Waals surface area contributed by atoms with Crippen LogP contribution in [0.25, 0.3) is 43.8 Å². The molecule has 0 spiro atoms. The summed E-state index contributed by atoms with van der Waals surface area (Å²) in [5.41, 5.74) is 9.49. The van der Waals surface area contributed by atoms with Gasteiger partial charge in [-0.1, -0.05) is 130 Å². The molecule has 0 saturated heterocycles. The second-order valence-corrected chi connectivity index (χ2v) is 13.3. The summed E-state index contributed by atoms with van der Waals surface area (Å²) in [7, 11) is 0. The van der Waals surface area contributed by atoms with Crippen LogP contribution >= 0.6 is 0 Å². The van der Waals surface area contributed by atoms with E-state index in [9.17, 15) is 0 Å². The third-order valence-corrected chi connectivity index (χ3v) is 9.54. The first-order valence-corrected chi connectivity index (χ1v) is 15.7. The molecule has 0 fully saturated rings. The summed E-state index contributed by atoms with van der Waals surface area (Å²) in [6.45, 7) is 6.79. The first-order valence-electron chi connectivity index (χ1n) is 15.7. The van der Waals surface area contributed by atoms with E-state index in [0.29, 0.717) is 0 Å². The van der Waals surface area contributed by atoms with Crippen LogP contribution in [-0.4, -0.2) is 6.71 Å². The number of para-hydroxylation sites is 1. The fraction of sp³-hybridized carbons (Fsp3) is 0.0952. The van der Waals surface area contributed by atoms with Crippen molar-refractivity contribution < 1.29 is 9.47 Å². The number of ether oxygens (including phenoxy) is 2. The van der Waals surface area contributed by atoms with Crippen molar-refractivity contribution in [1.82, 2.24) is 0 Å². The lowest BCUT2D eigenvalue weighted by Gasteiger charge is -2.34. The minimum absolute atomic E-state index is 0.0115. The molecule has 214 valence electrons. The predicted molar refractivity (Wildman–Crippen MR) is 189 cm³/mol. The van der Waals surface area contributed by atoms with Gasteiger partial charge in [-0.15, -0.1) is 0 Å². The quantitative estimate of drug-likeness (QED) is 0.150. The highest BCUT2D eigenvalue weighted by Crippen LogP contribution is 2.46. The van der Waals surface area contributed by atoms with Crippen LogP contribution in [0.15, 0.2) is 133 Å². The Morgan fingerprint density at radius 2 is 0.956 bits per heavy atom. The van der Waals surface area contributed by atoms with Gasteiger partial charge in [0.15, 0.2) is 0 Å². The molecule has 0 N–H and O–H groups in total. The molecule has 9 rings (SSSR count). The normalized spacial score (nSPS) is 13.1. The van der Waals surface area contributed by atoms with Gasteiger partial charge in [0, 0.05) is 5.46 Å². The van der Waals surface area contributed by atoms with E-state index in [4.69, 9.17) is 9.47 Å². The Balaban J connectivity index is 1.34. The van der Waals surface area contributed by atoms with Gasteiger partial charge < -0.3 is 9.47 Å². The van der Waals surface area contributed by atoms with Gasteiger partial charge in [0.05, 0.1) is 0 Å². The molecule has 2 aliphatic heterocycles. The molecule has 0 unspecified atom stereocenters. The van der Waals surface area contributed by atoms with E-state index >= 15 is 0 Å². The standard InChI is InChI=1S/C42H31BO2/c1-42(2,3)28-21-22-34-36(25-28)45-38-24-27(23-37-41(38)43(34)33-19-11-12-20-35(33)44-37)40-31-17-9-7-15-29(31)39(26-13-5-4-6-14-26)30-16-8-10-18-32(30)40/h4-25H,1-3H3. The third-order valence-electron chi connectivity index (χ3n) is 9.54. The minimum Gasteiger partial charge on any atom is -0.458 e. The van der Waals surface area contributed by atoms with Gasteiger partial charge in [-0.3, -0.25) is 0 Å². The number of rotatable bonds is 2. The molecule has 0 atom stereocenters. The zero-order valence-corrected chi connectivity index (χ0v) is 25.6. The second-order valence-electron chi connectivity index (χ2n) is 13.3. The van der Waals surface area contributed by atoms with Gasteiger partial charge in [-0.2, -0.15) is 0 Å². The summed E-state index contributed by atoms with van der Waals surface area (Å²) in [5, 5.41) is 4.88. The lowest BCUT2D eigenvalue weighted by molar-refractivity contribution is 0.463. The van der Waals surface area contributed by atoms with Crippen molar-refractivity contribution in [3.63, 3.8) is 0 Å². The summed E-state index contributed by atoms with van der Waals surface area (Å²) in [4.78, 5) is 0. The third kappa shape index (κ3) is 3.97. The van der Waals surface area contributed by atoms with Gasteiger partial charge in [0.1, 0.15) is 23.0 Å². The second kappa shape index (κ2) is 9.61. The van der Waals surface area contributed by atoms with Crippen molar-refractivity contribution >= 4 is 44.6 Å². The van der Waals surface area contributed by atoms with Gasteiger partial charge in [0.2, 0.25) is 0 Å². The molecule has 45 heavy (non-hydrogen) atoms. The van der Waals surface area contributed by atoms with Crippen LogP contribution in [0, 0.1) is 0 Å². The number of fused-ring (bicyclic) bond motifs is 6. The zero-order valence-electron chi connectivity index (χ0n) is 25.6. The minimum atomic E-state index is 0.0115. The zero-order chi connectivity index (χ0) is 30.3. The maximum absolute atomic E-state index is 6.87. The van der Waals surface area contributed by atoms with E-state index in [0.717, 1.165) is 34.0 Å². The van der Waals surface area contributed by atoms with Gasteiger partial charge in [0.25, 0.3) is 6.71 Å². The fourth-order valence-corrected chi connectivity index (χ4v) is 7.41. The van der Waals surface area contributed by atoms with Crippen molar-refractivity contribution in [2.45, 2.75) is 26.2 Å². The lowest BCUT2D eigenvalue weighted by Crippen LogP contribution is -2.57. The Kier molecular flexibility index (Phi) is 5.59. The van der Waals surface area contributed by atoms with E-state index in [-0.39, 0.29) is 12.1 Å². The Labute approximate surface area is 264 Å². The van der Waals surface area contributed by atoms with E-state index < -0.39 is 0 Å². The molecule has 0 bridgehead atoms. The number of benzene rings is 7. The molecule has 2 aliphatic rings. The lowest BCUT2D eigenvalue weighted by atomic mass is 9.34. The average Bonchev–Trinajstić information content (AvgIpc) is 3.06. The van der Waals surface area contributed by atoms with E-state index in [1.807, 2.05) is 0 Å². The number of hydrogen-bond donors (Lipinski definition) is 0. The molecule has 0 aliphatic carbocycles. The Morgan fingerprint density at radius 3 is 1.58 bits per heavy atom.